The van der Waals surface area contributed by atoms with Gasteiger partial charge in [-0.2, -0.15) is 0 Å². The molecule has 1 amide bonds. The molecule has 1 N–H and O–H groups in total. The summed E-state index contributed by atoms with van der Waals surface area (Å²) < 4.78 is 5.57. The molecule has 0 unspecified atom stereocenters. The minimum absolute atomic E-state index is 0.00622. The molecule has 4 saturated carbocycles. The summed E-state index contributed by atoms with van der Waals surface area (Å²) in [6.45, 7) is 10.8. The molecule has 3 heterocycles. The predicted octanol–water partition coefficient (Wildman–Crippen LogP) is 8.07. The van der Waals surface area contributed by atoms with Crippen molar-refractivity contribution in [1.82, 2.24) is 14.9 Å². The molecule has 5 fully saturated rings. The van der Waals surface area contributed by atoms with Crippen LogP contribution in [0.4, 0.5) is 5.82 Å². The first kappa shape index (κ1) is 33.7. The standard InChI is InChI=1S/C40H54N4O3S/c1-27-22-30(8-11-33(27)47-5)40-17-14-39(15-18-40,16-19-40)26-44(36(46)28-6-9-31(10-7-28)43-21-13-32(43)25-45)35-23-29(12-20-41-35)34-24-42-37(48-34)38(2,3)4/h8,11-12,20,22-24,28,31-32,45H,6-7,9-10,13-19,21,25-26H2,1-5H3/t28?,31?,32-,39?,40?/m0/s1. The second-order valence-corrected chi connectivity index (χ2v) is 17.5. The summed E-state index contributed by atoms with van der Waals surface area (Å²) in [7, 11) is 1.75. The highest BCUT2D eigenvalue weighted by atomic mass is 32.1. The maximum atomic E-state index is 14.7. The van der Waals surface area contributed by atoms with E-state index in [1.165, 1.54) is 11.1 Å². The molecule has 8 rings (SSSR count). The average molecular weight is 671 g/mol. The number of nitrogens with zero attached hydrogens (tertiary/aromatic N) is 4. The van der Waals surface area contributed by atoms with E-state index in [0.29, 0.717) is 12.1 Å². The third kappa shape index (κ3) is 6.33. The molecule has 258 valence electrons. The molecule has 0 spiro atoms. The monoisotopic (exact) mass is 670 g/mol. The number of rotatable bonds is 9. The summed E-state index contributed by atoms with van der Waals surface area (Å²) in [5.41, 5.74) is 4.08. The summed E-state index contributed by atoms with van der Waals surface area (Å²) in [6, 6.07) is 11.8. The van der Waals surface area contributed by atoms with Crippen molar-refractivity contribution in [3.05, 3.63) is 58.9 Å². The van der Waals surface area contributed by atoms with E-state index in [1.54, 1.807) is 18.4 Å². The maximum absolute atomic E-state index is 14.7. The maximum Gasteiger partial charge on any atom is 0.231 e. The van der Waals surface area contributed by atoms with Gasteiger partial charge in [-0.15, -0.1) is 11.3 Å². The molecule has 3 aromatic rings. The lowest BCUT2D eigenvalue weighted by Gasteiger charge is -2.55. The molecule has 0 radical (unpaired) electrons. The molecule has 1 aromatic carbocycles. The Bertz CT molecular complexity index is 1590. The van der Waals surface area contributed by atoms with Crippen LogP contribution in [-0.4, -0.2) is 64.8 Å². The molecule has 1 atom stereocenters. The smallest absolute Gasteiger partial charge is 0.231 e. The molecular formula is C40H54N4O3S. The van der Waals surface area contributed by atoms with Crippen LogP contribution in [0.5, 0.6) is 5.75 Å². The van der Waals surface area contributed by atoms with E-state index in [0.717, 1.165) is 111 Å². The van der Waals surface area contributed by atoms with Crippen LogP contribution in [0, 0.1) is 18.3 Å². The molecule has 2 bridgehead atoms. The Morgan fingerprint density at radius 1 is 1.02 bits per heavy atom. The normalized spacial score (nSPS) is 29.0. The quantitative estimate of drug-likeness (QED) is 0.248. The van der Waals surface area contributed by atoms with E-state index >= 15 is 0 Å². The highest BCUT2D eigenvalue weighted by molar-refractivity contribution is 7.15. The number of aromatic nitrogens is 2. The Labute approximate surface area is 291 Å². The first-order valence-corrected chi connectivity index (χ1v) is 19.1. The number of carbonyl (C=O) groups is 1. The highest BCUT2D eigenvalue weighted by Gasteiger charge is 2.51. The van der Waals surface area contributed by atoms with Crippen LogP contribution in [0.3, 0.4) is 0 Å². The van der Waals surface area contributed by atoms with Crippen LogP contribution in [-0.2, 0) is 15.6 Å². The molecular weight excluding hydrogens is 617 g/mol. The number of aryl methyl sites for hydroxylation is 1. The molecule has 1 saturated heterocycles. The van der Waals surface area contributed by atoms with Gasteiger partial charge in [-0.1, -0.05) is 32.9 Å². The van der Waals surface area contributed by atoms with Crippen LogP contribution in [0.1, 0.15) is 108 Å². The fourth-order valence-electron chi connectivity index (χ4n) is 9.24. The number of ether oxygens (including phenoxy) is 1. The molecule has 2 aromatic heterocycles. The zero-order chi connectivity index (χ0) is 33.7. The number of aliphatic hydroxyl groups excluding tert-OH is 1. The van der Waals surface area contributed by atoms with Gasteiger partial charge in [-0.3, -0.25) is 14.6 Å². The molecule has 1 aliphatic heterocycles. The predicted molar refractivity (Wildman–Crippen MR) is 194 cm³/mol. The summed E-state index contributed by atoms with van der Waals surface area (Å²) in [6.07, 6.45) is 15.7. The fourth-order valence-corrected chi connectivity index (χ4v) is 10.2. The van der Waals surface area contributed by atoms with Gasteiger partial charge in [0.15, 0.2) is 0 Å². The average Bonchev–Trinajstić information content (AvgIpc) is 3.60. The summed E-state index contributed by atoms with van der Waals surface area (Å²) in [5, 5.41) is 10.9. The number of benzene rings is 1. The first-order chi connectivity index (χ1) is 23.0. The van der Waals surface area contributed by atoms with Crippen LogP contribution >= 0.6 is 11.3 Å². The number of amides is 1. The van der Waals surface area contributed by atoms with Crippen LogP contribution in [0.2, 0.25) is 0 Å². The Hall–Kier alpha value is -2.81. The van der Waals surface area contributed by atoms with E-state index < -0.39 is 0 Å². The van der Waals surface area contributed by atoms with Crippen LogP contribution in [0.15, 0.2) is 42.7 Å². The third-order valence-corrected chi connectivity index (χ3v) is 14.0. The SMILES string of the molecule is COc1ccc(C23CCC(CN(C(=O)C4CCC(N5CC[C@H]5CO)CC4)c4cc(-c5cnc(C(C)(C)C)s5)ccn4)(CC2)CC3)cc1C. The van der Waals surface area contributed by atoms with E-state index in [2.05, 4.69) is 67.8 Å². The highest BCUT2D eigenvalue weighted by Crippen LogP contribution is 2.58. The van der Waals surface area contributed by atoms with E-state index in [4.69, 9.17) is 14.7 Å². The zero-order valence-corrected chi connectivity index (χ0v) is 30.5. The Kier molecular flexibility index (Phi) is 9.22. The molecule has 4 aliphatic carbocycles. The van der Waals surface area contributed by atoms with Gasteiger partial charge in [0.25, 0.3) is 0 Å². The number of pyridine rings is 1. The number of methoxy groups -OCH3 is 1. The van der Waals surface area contributed by atoms with Crippen LogP contribution < -0.4 is 9.64 Å². The zero-order valence-electron chi connectivity index (χ0n) is 29.6. The number of fused-ring (bicyclic) bond motifs is 3. The van der Waals surface area contributed by atoms with Crippen molar-refractivity contribution in [2.75, 3.05) is 31.7 Å². The van der Waals surface area contributed by atoms with Crippen LogP contribution in [0.25, 0.3) is 10.4 Å². The molecule has 5 aliphatic rings. The second-order valence-electron chi connectivity index (χ2n) is 16.4. The van der Waals surface area contributed by atoms with Crippen molar-refractivity contribution in [2.45, 2.75) is 121 Å². The number of likely N-dealkylation sites (tertiary alicyclic amines) is 1. The lowest BCUT2D eigenvalue weighted by Crippen LogP contribution is -2.56. The van der Waals surface area contributed by atoms with Gasteiger partial charge in [-0.25, -0.2) is 9.97 Å². The largest absolute Gasteiger partial charge is 0.496 e. The van der Waals surface area contributed by atoms with E-state index in [-0.39, 0.29) is 34.7 Å². The minimum Gasteiger partial charge on any atom is -0.496 e. The van der Waals surface area contributed by atoms with Gasteiger partial charge in [0.05, 0.1) is 23.6 Å². The van der Waals surface area contributed by atoms with Crippen molar-refractivity contribution in [3.63, 3.8) is 0 Å². The Morgan fingerprint density at radius 2 is 1.75 bits per heavy atom. The first-order valence-electron chi connectivity index (χ1n) is 18.3. The van der Waals surface area contributed by atoms with Gasteiger partial charge in [0.2, 0.25) is 5.91 Å². The third-order valence-electron chi connectivity index (χ3n) is 12.5. The number of aliphatic hydroxyl groups is 1. The number of hydrogen-bond acceptors (Lipinski definition) is 7. The Balaban J connectivity index is 1.13. The molecule has 7 nitrogen and oxygen atoms in total. The minimum atomic E-state index is -0.00622. The number of carbonyl (C=O) groups excluding carboxylic acids is 1. The lowest BCUT2D eigenvalue weighted by molar-refractivity contribution is -0.125. The van der Waals surface area contributed by atoms with E-state index in [9.17, 15) is 9.90 Å². The van der Waals surface area contributed by atoms with Gasteiger partial charge in [-0.05, 0) is 123 Å². The lowest BCUT2D eigenvalue weighted by atomic mass is 9.51. The molecule has 8 heteroatoms. The summed E-state index contributed by atoms with van der Waals surface area (Å²) >= 11 is 1.74. The van der Waals surface area contributed by atoms with Crippen molar-refractivity contribution in [1.29, 1.82) is 0 Å². The second kappa shape index (κ2) is 13.1. The summed E-state index contributed by atoms with van der Waals surface area (Å²) in [4.78, 5) is 30.1. The summed E-state index contributed by atoms with van der Waals surface area (Å²) in [5.74, 6) is 2.01. The van der Waals surface area contributed by atoms with Gasteiger partial charge in [0, 0.05) is 48.9 Å². The number of hydrogen-bond donors (Lipinski definition) is 1. The van der Waals surface area contributed by atoms with Crippen molar-refractivity contribution in [2.24, 2.45) is 11.3 Å². The van der Waals surface area contributed by atoms with E-state index in [1.807, 2.05) is 12.4 Å². The van der Waals surface area contributed by atoms with Gasteiger partial charge >= 0.3 is 0 Å². The number of anilines is 1. The van der Waals surface area contributed by atoms with Gasteiger partial charge in [0.1, 0.15) is 11.6 Å². The fraction of sp³-hybridized carbons (Fsp3) is 0.625. The van der Waals surface area contributed by atoms with Crippen molar-refractivity contribution >= 4 is 23.1 Å². The Morgan fingerprint density at radius 3 is 2.33 bits per heavy atom. The van der Waals surface area contributed by atoms with Crippen molar-refractivity contribution in [3.8, 4) is 16.2 Å². The molecule has 48 heavy (non-hydrogen) atoms. The topological polar surface area (TPSA) is 78.8 Å². The van der Waals surface area contributed by atoms with Crippen molar-refractivity contribution < 1.29 is 14.6 Å². The number of thiazole rings is 1. The van der Waals surface area contributed by atoms with Gasteiger partial charge < -0.3 is 9.84 Å².